The van der Waals surface area contributed by atoms with Crippen LogP contribution in [0.25, 0.3) is 0 Å². The van der Waals surface area contributed by atoms with Gasteiger partial charge in [-0.05, 0) is 62.8 Å². The van der Waals surface area contributed by atoms with Crippen LogP contribution >= 0.6 is 0 Å². The van der Waals surface area contributed by atoms with Crippen molar-refractivity contribution in [1.82, 2.24) is 9.80 Å². The van der Waals surface area contributed by atoms with Gasteiger partial charge in [0, 0.05) is 37.3 Å². The fraction of sp³-hybridized carbons (Fsp3) is 0.568. The number of aryl methyl sites for hydroxylation is 1. The fourth-order valence-corrected chi connectivity index (χ4v) is 5.33. The molecule has 2 atom stereocenters. The van der Waals surface area contributed by atoms with E-state index in [2.05, 4.69) is 72.6 Å². The van der Waals surface area contributed by atoms with Crippen molar-refractivity contribution in [1.29, 1.82) is 5.26 Å². The van der Waals surface area contributed by atoms with Gasteiger partial charge in [-0.3, -0.25) is 14.5 Å². The molecule has 7 heteroatoms. The highest BCUT2D eigenvalue weighted by Gasteiger charge is 2.31. The average molecular weight is 604 g/mol. The minimum atomic E-state index is -0.474. The summed E-state index contributed by atoms with van der Waals surface area (Å²) >= 11 is 0. The molecule has 0 radical (unpaired) electrons. The van der Waals surface area contributed by atoms with Crippen molar-refractivity contribution >= 4 is 11.5 Å². The Morgan fingerprint density at radius 1 is 1.05 bits per heavy atom. The smallest absolute Gasteiger partial charge is 0.249 e. The van der Waals surface area contributed by atoms with Gasteiger partial charge >= 0.3 is 0 Å². The monoisotopic (exact) mass is 603 g/mol. The SMILES string of the molecule is C=C/C(=C\N=C(C)N1CCN(C(CCC)CCc2ccc(C#N)cc2)C(CC)C1)Nc1c(CC)c(=O)c1=O.CC.CCCC. The summed E-state index contributed by atoms with van der Waals surface area (Å²) in [6.07, 6.45) is 12.0. The zero-order chi connectivity index (χ0) is 33.1. The predicted octanol–water partition coefficient (Wildman–Crippen LogP) is 7.60. The molecular weight excluding hydrogens is 546 g/mol. The first-order valence-corrected chi connectivity index (χ1v) is 16.7. The molecule has 3 rings (SSSR count). The van der Waals surface area contributed by atoms with Crippen LogP contribution in [-0.4, -0.2) is 47.4 Å². The number of nitrogens with one attached hydrogen (secondary N) is 1. The van der Waals surface area contributed by atoms with Crippen molar-refractivity contribution in [3.8, 4) is 6.07 Å². The number of aliphatic imine (C=N–C) groups is 1. The van der Waals surface area contributed by atoms with E-state index in [1.165, 1.54) is 24.8 Å². The summed E-state index contributed by atoms with van der Waals surface area (Å²) in [5.41, 5.74) is 2.61. The second-order valence-corrected chi connectivity index (χ2v) is 11.0. The summed E-state index contributed by atoms with van der Waals surface area (Å²) in [6, 6.07) is 11.1. The van der Waals surface area contributed by atoms with Crippen LogP contribution in [0.15, 0.2) is 63.4 Å². The maximum absolute atomic E-state index is 11.9. The predicted molar refractivity (Wildman–Crippen MR) is 188 cm³/mol. The van der Waals surface area contributed by atoms with Crippen LogP contribution in [-0.2, 0) is 12.8 Å². The van der Waals surface area contributed by atoms with E-state index in [4.69, 9.17) is 5.26 Å². The first-order chi connectivity index (χ1) is 21.3. The van der Waals surface area contributed by atoms with Crippen molar-refractivity contribution in [2.75, 3.05) is 25.0 Å². The molecule has 1 saturated heterocycles. The van der Waals surface area contributed by atoms with Crippen LogP contribution in [0.2, 0.25) is 0 Å². The van der Waals surface area contributed by atoms with Crippen LogP contribution in [0.4, 0.5) is 5.69 Å². The number of anilines is 1. The van der Waals surface area contributed by atoms with Crippen molar-refractivity contribution in [3.05, 3.63) is 86.0 Å². The third-order valence-electron chi connectivity index (χ3n) is 8.14. The van der Waals surface area contributed by atoms with E-state index in [9.17, 15) is 9.59 Å². The first-order valence-electron chi connectivity index (χ1n) is 16.7. The van der Waals surface area contributed by atoms with E-state index in [1.54, 1.807) is 12.3 Å². The number of hydrogen-bond donors (Lipinski definition) is 1. The van der Waals surface area contributed by atoms with Gasteiger partial charge in [-0.2, -0.15) is 5.26 Å². The number of amidine groups is 1. The molecule has 1 fully saturated rings. The summed E-state index contributed by atoms with van der Waals surface area (Å²) in [5.74, 6) is 0.926. The van der Waals surface area contributed by atoms with Gasteiger partial charge in [0.1, 0.15) is 5.84 Å². The minimum Gasteiger partial charge on any atom is -0.357 e. The van der Waals surface area contributed by atoms with Gasteiger partial charge in [-0.1, -0.05) is 86.4 Å². The lowest BCUT2D eigenvalue weighted by Crippen LogP contribution is -2.57. The molecular formula is C37H57N5O2. The van der Waals surface area contributed by atoms with Crippen LogP contribution < -0.4 is 16.2 Å². The number of unbranched alkanes of at least 4 members (excludes halogenated alkanes) is 1. The van der Waals surface area contributed by atoms with E-state index >= 15 is 0 Å². The Morgan fingerprint density at radius 3 is 2.23 bits per heavy atom. The molecule has 0 spiro atoms. The highest BCUT2D eigenvalue weighted by atomic mass is 16.2. The van der Waals surface area contributed by atoms with Crippen molar-refractivity contribution in [2.45, 2.75) is 119 Å². The third-order valence-corrected chi connectivity index (χ3v) is 8.14. The number of nitriles is 1. The number of rotatable bonds is 13. The average Bonchev–Trinajstić information content (AvgIpc) is 3.08. The van der Waals surface area contributed by atoms with Gasteiger partial charge in [-0.15, -0.1) is 0 Å². The first kappa shape index (κ1) is 38.5. The molecule has 0 amide bonds. The van der Waals surface area contributed by atoms with E-state index in [0.717, 1.165) is 51.2 Å². The highest BCUT2D eigenvalue weighted by molar-refractivity contribution is 5.80. The molecule has 2 aromatic rings. The van der Waals surface area contributed by atoms with E-state index < -0.39 is 10.9 Å². The van der Waals surface area contributed by atoms with Crippen LogP contribution in [0, 0.1) is 11.3 Å². The second-order valence-electron chi connectivity index (χ2n) is 11.0. The molecule has 7 nitrogen and oxygen atoms in total. The molecule has 0 saturated carbocycles. The van der Waals surface area contributed by atoms with E-state index in [0.29, 0.717) is 41.0 Å². The zero-order valence-electron chi connectivity index (χ0n) is 28.7. The topological polar surface area (TPSA) is 88.8 Å². The molecule has 0 aromatic heterocycles. The summed E-state index contributed by atoms with van der Waals surface area (Å²) in [4.78, 5) is 33.4. The van der Waals surface area contributed by atoms with Crippen molar-refractivity contribution in [2.24, 2.45) is 4.99 Å². The van der Waals surface area contributed by atoms with E-state index in [-0.39, 0.29) is 0 Å². The molecule has 0 bridgehead atoms. The normalized spacial score (nSPS) is 16.2. The van der Waals surface area contributed by atoms with Gasteiger partial charge in [0.25, 0.3) is 0 Å². The van der Waals surface area contributed by atoms with Crippen molar-refractivity contribution < 1.29 is 0 Å². The van der Waals surface area contributed by atoms with E-state index in [1.807, 2.05) is 39.8 Å². The summed E-state index contributed by atoms with van der Waals surface area (Å²) < 4.78 is 0. The van der Waals surface area contributed by atoms with Gasteiger partial charge in [-0.25, -0.2) is 4.99 Å². The Labute approximate surface area is 267 Å². The molecule has 1 N–H and O–H groups in total. The fourth-order valence-electron chi connectivity index (χ4n) is 5.33. The minimum absolute atomic E-state index is 0.360. The number of nitrogens with zero attached hydrogens (tertiary/aromatic N) is 4. The molecule has 1 heterocycles. The lowest BCUT2D eigenvalue weighted by molar-refractivity contribution is 0.0578. The zero-order valence-corrected chi connectivity index (χ0v) is 28.7. The van der Waals surface area contributed by atoms with Gasteiger partial charge in [0.05, 0.1) is 29.2 Å². The van der Waals surface area contributed by atoms with Crippen LogP contribution in [0.3, 0.4) is 0 Å². The van der Waals surface area contributed by atoms with Crippen molar-refractivity contribution in [3.63, 3.8) is 0 Å². The third kappa shape index (κ3) is 11.2. The Kier molecular flexibility index (Phi) is 18.6. The summed E-state index contributed by atoms with van der Waals surface area (Å²) in [7, 11) is 0. The lowest BCUT2D eigenvalue weighted by atomic mass is 9.96. The van der Waals surface area contributed by atoms with Gasteiger partial charge in [0.15, 0.2) is 0 Å². The lowest BCUT2D eigenvalue weighted by Gasteiger charge is -2.46. The van der Waals surface area contributed by atoms with Crippen LogP contribution in [0.5, 0.6) is 0 Å². The quantitative estimate of drug-likeness (QED) is 0.110. The number of piperazine rings is 1. The summed E-state index contributed by atoms with van der Waals surface area (Å²) in [5, 5.41) is 12.1. The maximum Gasteiger partial charge on any atom is 0.249 e. The van der Waals surface area contributed by atoms with Gasteiger partial charge in [0.2, 0.25) is 10.9 Å². The molecule has 44 heavy (non-hydrogen) atoms. The Morgan fingerprint density at radius 2 is 1.70 bits per heavy atom. The highest BCUT2D eigenvalue weighted by Crippen LogP contribution is 2.23. The number of benzene rings is 1. The molecule has 1 aliphatic heterocycles. The standard InChI is InChI=1S/C31H41N5O2.C4H10.C2H6/c1-6-10-27(16-15-23-11-13-24(19-32)14-12-23)36-18-17-35(21-26(36)8-3)22(5)33-20-25(7-2)34-29-28(9-4)30(37)31(29)38;1-3-4-2;1-2/h7,11-14,20,26-27,34H,2,6,8-10,15-18,21H2,1,3-5H3;3-4H2,1-2H3;1-2H3/b25-20+,33-22?;;. The maximum atomic E-state index is 11.9. The summed E-state index contributed by atoms with van der Waals surface area (Å²) in [6.45, 7) is 23.4. The molecule has 0 aliphatic carbocycles. The number of allylic oxidation sites excluding steroid dienone is 1. The van der Waals surface area contributed by atoms with Gasteiger partial charge < -0.3 is 10.2 Å². The molecule has 242 valence electrons. The molecule has 1 aliphatic rings. The Balaban J connectivity index is 0.00000149. The Hall–Kier alpha value is -3.50. The number of hydrogen-bond acceptors (Lipinski definition) is 6. The Bertz CT molecular complexity index is 1290. The second kappa shape index (κ2) is 21.2. The van der Waals surface area contributed by atoms with Crippen LogP contribution in [0.1, 0.15) is 111 Å². The molecule has 2 aromatic carbocycles. The molecule has 2 unspecified atom stereocenters. The largest absolute Gasteiger partial charge is 0.357 e.